The highest BCUT2D eigenvalue weighted by Crippen LogP contribution is 2.10. The van der Waals surface area contributed by atoms with E-state index in [-0.39, 0.29) is 10.7 Å². The van der Waals surface area contributed by atoms with Gasteiger partial charge < -0.3 is 4.42 Å². The van der Waals surface area contributed by atoms with E-state index in [0.29, 0.717) is 10.1 Å². The zero-order valence-electron chi connectivity index (χ0n) is 7.48. The molecule has 0 radical (unpaired) electrons. The van der Waals surface area contributed by atoms with Crippen molar-refractivity contribution in [2.45, 2.75) is 6.54 Å². The molecule has 15 heavy (non-hydrogen) atoms. The Kier molecular flexibility index (Phi) is 3.11. The molecule has 78 valence electrons. The summed E-state index contributed by atoms with van der Waals surface area (Å²) in [6.07, 6.45) is 4.59. The molecule has 0 aliphatic heterocycles. The molecule has 0 aliphatic rings. The molecule has 2 heterocycles. The normalized spacial score (nSPS) is 10.5. The van der Waals surface area contributed by atoms with Crippen molar-refractivity contribution < 1.29 is 4.42 Å². The van der Waals surface area contributed by atoms with Gasteiger partial charge in [0.05, 0.1) is 25.4 Å². The lowest BCUT2D eigenvalue weighted by atomic mass is 10.3. The number of aromatic nitrogens is 2. The van der Waals surface area contributed by atoms with Gasteiger partial charge in [-0.2, -0.15) is 0 Å². The maximum absolute atomic E-state index is 11.7. The average Bonchev–Trinajstić information content (AvgIpc) is 2.72. The third kappa shape index (κ3) is 2.23. The fourth-order valence-corrected chi connectivity index (χ4v) is 1.71. The van der Waals surface area contributed by atoms with Crippen LogP contribution in [0.25, 0.3) is 0 Å². The summed E-state index contributed by atoms with van der Waals surface area (Å²) in [6, 6.07) is 1.80. The molecule has 0 amide bonds. The molecule has 0 saturated heterocycles. The molecule has 2 aromatic rings. The smallest absolute Gasteiger partial charge is 0.268 e. The minimum Gasteiger partial charge on any atom is -0.472 e. The van der Waals surface area contributed by atoms with Gasteiger partial charge in [-0.15, -0.1) is 0 Å². The van der Waals surface area contributed by atoms with Crippen molar-refractivity contribution in [1.82, 2.24) is 9.55 Å². The van der Waals surface area contributed by atoms with Crippen LogP contribution in [0.15, 0.2) is 34.1 Å². The quantitative estimate of drug-likeness (QED) is 0.624. The van der Waals surface area contributed by atoms with E-state index in [1.165, 1.54) is 10.9 Å². The third-order valence-electron chi connectivity index (χ3n) is 1.87. The van der Waals surface area contributed by atoms with Gasteiger partial charge in [0.25, 0.3) is 5.56 Å². The molecule has 0 spiro atoms. The lowest BCUT2D eigenvalue weighted by molar-refractivity contribution is 0.561. The summed E-state index contributed by atoms with van der Waals surface area (Å²) >= 11 is 7.60. The lowest BCUT2D eigenvalue weighted by Crippen LogP contribution is -2.23. The Morgan fingerprint density at radius 1 is 1.60 bits per heavy atom. The molecule has 0 atom stereocenters. The van der Waals surface area contributed by atoms with E-state index in [1.54, 1.807) is 18.6 Å². The Labute approximate surface area is 104 Å². The second-order valence-corrected chi connectivity index (χ2v) is 4.35. The van der Waals surface area contributed by atoms with Crippen LogP contribution < -0.4 is 5.56 Å². The van der Waals surface area contributed by atoms with Crippen LogP contribution in [0.5, 0.6) is 0 Å². The molecule has 4 nitrogen and oxygen atoms in total. The topological polar surface area (TPSA) is 48.0 Å². The maximum atomic E-state index is 11.7. The number of hydrogen-bond donors (Lipinski definition) is 0. The SMILES string of the molecule is O=c1c(I)c(Cl)ncn1Cc1ccoc1. The lowest BCUT2D eigenvalue weighted by Gasteiger charge is -2.03. The monoisotopic (exact) mass is 336 g/mol. The van der Waals surface area contributed by atoms with Crippen molar-refractivity contribution >= 4 is 34.2 Å². The average molecular weight is 337 g/mol. The van der Waals surface area contributed by atoms with Crippen molar-refractivity contribution in [3.8, 4) is 0 Å². The van der Waals surface area contributed by atoms with Crippen LogP contribution in [-0.2, 0) is 6.54 Å². The van der Waals surface area contributed by atoms with Gasteiger partial charge in [-0.25, -0.2) is 4.98 Å². The van der Waals surface area contributed by atoms with Crippen LogP contribution in [0.2, 0.25) is 5.15 Å². The highest BCUT2D eigenvalue weighted by atomic mass is 127. The Morgan fingerprint density at radius 2 is 2.40 bits per heavy atom. The van der Waals surface area contributed by atoms with Crippen molar-refractivity contribution in [2.24, 2.45) is 0 Å². The Hall–Kier alpha value is -0.820. The van der Waals surface area contributed by atoms with Crippen LogP contribution in [0.3, 0.4) is 0 Å². The van der Waals surface area contributed by atoms with Crippen molar-refractivity contribution in [3.63, 3.8) is 0 Å². The van der Waals surface area contributed by atoms with Gasteiger partial charge in [-0.05, 0) is 28.7 Å². The second kappa shape index (κ2) is 4.36. The first-order chi connectivity index (χ1) is 7.18. The van der Waals surface area contributed by atoms with Gasteiger partial charge >= 0.3 is 0 Å². The summed E-state index contributed by atoms with van der Waals surface area (Å²) in [7, 11) is 0. The fraction of sp³-hybridized carbons (Fsp3) is 0.111. The number of halogens is 2. The summed E-state index contributed by atoms with van der Waals surface area (Å²) in [4.78, 5) is 15.6. The predicted molar refractivity (Wildman–Crippen MR) is 64.0 cm³/mol. The summed E-state index contributed by atoms with van der Waals surface area (Å²) in [5.74, 6) is 0. The van der Waals surface area contributed by atoms with Gasteiger partial charge in [0, 0.05) is 5.56 Å². The summed E-state index contributed by atoms with van der Waals surface area (Å²) in [6.45, 7) is 0.440. The first-order valence-electron chi connectivity index (χ1n) is 4.10. The standard InChI is InChI=1S/C9H6ClIN2O2/c10-8-7(11)9(14)13(5-12-8)3-6-1-2-15-4-6/h1-2,4-5H,3H2. The molecule has 2 rings (SSSR count). The maximum Gasteiger partial charge on any atom is 0.268 e. The van der Waals surface area contributed by atoms with Crippen LogP contribution in [-0.4, -0.2) is 9.55 Å². The van der Waals surface area contributed by atoms with Crippen molar-refractivity contribution in [3.05, 3.63) is 49.6 Å². The highest BCUT2D eigenvalue weighted by Gasteiger charge is 2.07. The Morgan fingerprint density at radius 3 is 3.07 bits per heavy atom. The van der Waals surface area contributed by atoms with Gasteiger partial charge in [0.1, 0.15) is 8.72 Å². The van der Waals surface area contributed by atoms with E-state index >= 15 is 0 Å². The van der Waals surface area contributed by atoms with Gasteiger partial charge in [-0.1, -0.05) is 11.6 Å². The fourth-order valence-electron chi connectivity index (χ4n) is 1.14. The van der Waals surface area contributed by atoms with Gasteiger partial charge in [-0.3, -0.25) is 9.36 Å². The minimum absolute atomic E-state index is 0.142. The second-order valence-electron chi connectivity index (χ2n) is 2.91. The number of rotatable bonds is 2. The van der Waals surface area contributed by atoms with Gasteiger partial charge in [0.2, 0.25) is 0 Å². The number of nitrogens with zero attached hydrogens (tertiary/aromatic N) is 2. The van der Waals surface area contributed by atoms with E-state index in [4.69, 9.17) is 16.0 Å². The largest absolute Gasteiger partial charge is 0.472 e. The van der Waals surface area contributed by atoms with Gasteiger partial charge in [0.15, 0.2) is 0 Å². The molecule has 6 heteroatoms. The van der Waals surface area contributed by atoms with Crippen LogP contribution in [0.1, 0.15) is 5.56 Å². The number of furan rings is 1. The van der Waals surface area contributed by atoms with Crippen molar-refractivity contribution in [1.29, 1.82) is 0 Å². The summed E-state index contributed by atoms with van der Waals surface area (Å²) < 4.78 is 6.83. The first kappa shape index (κ1) is 10.7. The molecule has 0 fully saturated rings. The summed E-state index contributed by atoms with van der Waals surface area (Å²) in [5.41, 5.74) is 0.772. The molecule has 0 aromatic carbocycles. The van der Waals surface area contributed by atoms with E-state index < -0.39 is 0 Å². The Balaban J connectivity index is 2.38. The minimum atomic E-state index is -0.142. The molecule has 0 bridgehead atoms. The number of hydrogen-bond acceptors (Lipinski definition) is 3. The van der Waals surface area contributed by atoms with E-state index in [1.807, 2.05) is 22.6 Å². The van der Waals surface area contributed by atoms with E-state index in [0.717, 1.165) is 5.56 Å². The molecule has 2 aromatic heterocycles. The highest BCUT2D eigenvalue weighted by molar-refractivity contribution is 14.1. The van der Waals surface area contributed by atoms with Crippen LogP contribution >= 0.6 is 34.2 Å². The van der Waals surface area contributed by atoms with Crippen molar-refractivity contribution in [2.75, 3.05) is 0 Å². The molecular formula is C9H6ClIN2O2. The summed E-state index contributed by atoms with van der Waals surface area (Å²) in [5, 5.41) is 0.240. The van der Waals surface area contributed by atoms with E-state index in [2.05, 4.69) is 4.98 Å². The third-order valence-corrected chi connectivity index (χ3v) is 3.45. The Bertz CT molecular complexity index is 521. The molecule has 0 saturated carbocycles. The molecular weight excluding hydrogens is 330 g/mol. The predicted octanol–water partition coefficient (Wildman–Crippen LogP) is 2.14. The molecule has 0 N–H and O–H groups in total. The zero-order chi connectivity index (χ0) is 10.8. The first-order valence-corrected chi connectivity index (χ1v) is 5.55. The van der Waals surface area contributed by atoms with Crippen LogP contribution in [0, 0.1) is 3.57 Å². The zero-order valence-corrected chi connectivity index (χ0v) is 10.4. The molecule has 0 unspecified atom stereocenters. The van der Waals surface area contributed by atoms with Crippen LogP contribution in [0.4, 0.5) is 0 Å². The van der Waals surface area contributed by atoms with E-state index in [9.17, 15) is 4.79 Å². The molecule has 0 aliphatic carbocycles.